The molecule has 0 atom stereocenters. The van der Waals surface area contributed by atoms with Crippen molar-refractivity contribution >= 4 is 5.57 Å². The first-order valence-electron chi connectivity index (χ1n) is 14.4. The van der Waals surface area contributed by atoms with Crippen LogP contribution in [-0.2, 0) is 6.42 Å². The van der Waals surface area contributed by atoms with Gasteiger partial charge in [-0.25, -0.2) is 0 Å². The van der Waals surface area contributed by atoms with E-state index in [1.807, 2.05) is 30.6 Å². The largest absolute Gasteiger partial charge is 0.497 e. The van der Waals surface area contributed by atoms with Crippen molar-refractivity contribution in [1.82, 2.24) is 9.88 Å². The Bertz CT molecular complexity index is 1070. The van der Waals surface area contributed by atoms with E-state index in [9.17, 15) is 0 Å². The highest BCUT2D eigenvalue weighted by atomic mass is 16.5. The molecule has 0 bridgehead atoms. The van der Waals surface area contributed by atoms with E-state index in [1.54, 1.807) is 14.2 Å². The van der Waals surface area contributed by atoms with E-state index in [1.165, 1.54) is 93.3 Å². The first kappa shape index (κ1) is 27.9. The van der Waals surface area contributed by atoms with Crippen molar-refractivity contribution < 1.29 is 9.47 Å². The quantitative estimate of drug-likeness (QED) is 0.206. The lowest BCUT2D eigenvalue weighted by Gasteiger charge is -2.31. The van der Waals surface area contributed by atoms with Crippen LogP contribution in [0, 0.1) is 5.92 Å². The lowest BCUT2D eigenvalue weighted by molar-refractivity contribution is 0.199. The second-order valence-electron chi connectivity index (χ2n) is 10.5. The topological polar surface area (TPSA) is 34.6 Å². The van der Waals surface area contributed by atoms with Gasteiger partial charge in [0, 0.05) is 12.4 Å². The van der Waals surface area contributed by atoms with Gasteiger partial charge < -0.3 is 14.4 Å². The van der Waals surface area contributed by atoms with Crippen LogP contribution in [0.15, 0.2) is 79.1 Å². The normalized spacial score (nSPS) is 14.3. The number of rotatable bonds is 14. The molecule has 1 saturated heterocycles. The van der Waals surface area contributed by atoms with E-state index in [0.29, 0.717) is 5.92 Å². The summed E-state index contributed by atoms with van der Waals surface area (Å²) in [5.74, 6) is 2.36. The molecule has 0 aliphatic carbocycles. The van der Waals surface area contributed by atoms with Gasteiger partial charge in [-0.3, -0.25) is 4.98 Å². The zero-order chi connectivity index (χ0) is 26.4. The summed E-state index contributed by atoms with van der Waals surface area (Å²) in [6.07, 6.45) is 17.9. The number of pyridine rings is 1. The summed E-state index contributed by atoms with van der Waals surface area (Å²) >= 11 is 0. The number of aryl methyl sites for hydroxylation is 1. The smallest absolute Gasteiger partial charge is 0.119 e. The van der Waals surface area contributed by atoms with Crippen molar-refractivity contribution in [2.24, 2.45) is 5.92 Å². The third kappa shape index (κ3) is 8.73. The van der Waals surface area contributed by atoms with Crippen molar-refractivity contribution in [3.8, 4) is 11.5 Å². The Hall–Kier alpha value is -3.11. The van der Waals surface area contributed by atoms with Gasteiger partial charge in [0.2, 0.25) is 0 Å². The standard InChI is InChI=1S/C34H44N2O2/c1-37-32-16-9-14-30(25-32)34(31-15-10-17-33(26-31)38-2)24-28-18-22-36(23-19-28)21-8-6-4-3-5-7-12-29-13-11-20-35-27-29/h9-11,13-17,20,24-28H,3-8,12,18-19,21-23H2,1-2H3. The van der Waals surface area contributed by atoms with E-state index in [4.69, 9.17) is 9.47 Å². The molecule has 0 spiro atoms. The van der Waals surface area contributed by atoms with Gasteiger partial charge in [-0.1, -0.05) is 62.1 Å². The summed E-state index contributed by atoms with van der Waals surface area (Å²) in [6, 6.07) is 21.0. The summed E-state index contributed by atoms with van der Waals surface area (Å²) in [7, 11) is 3.46. The van der Waals surface area contributed by atoms with Gasteiger partial charge in [0.25, 0.3) is 0 Å². The minimum atomic E-state index is 0.582. The maximum Gasteiger partial charge on any atom is 0.119 e. The maximum atomic E-state index is 5.52. The Labute approximate surface area is 229 Å². The highest BCUT2D eigenvalue weighted by molar-refractivity contribution is 5.81. The average Bonchev–Trinajstić information content (AvgIpc) is 2.98. The molecule has 0 unspecified atom stereocenters. The van der Waals surface area contributed by atoms with Crippen LogP contribution >= 0.6 is 0 Å². The van der Waals surface area contributed by atoms with E-state index in [0.717, 1.165) is 17.9 Å². The molecule has 1 aromatic heterocycles. The van der Waals surface area contributed by atoms with Crippen LogP contribution in [0.1, 0.15) is 68.1 Å². The zero-order valence-corrected chi connectivity index (χ0v) is 23.3. The number of methoxy groups -OCH3 is 2. The summed E-state index contributed by atoms with van der Waals surface area (Å²) in [5, 5.41) is 0. The molecule has 4 nitrogen and oxygen atoms in total. The molecule has 1 fully saturated rings. The molecule has 0 radical (unpaired) electrons. The highest BCUT2D eigenvalue weighted by Gasteiger charge is 2.19. The van der Waals surface area contributed by atoms with Crippen LogP contribution in [0.4, 0.5) is 0 Å². The van der Waals surface area contributed by atoms with E-state index in [-0.39, 0.29) is 0 Å². The molecule has 0 saturated carbocycles. The predicted molar refractivity (Wildman–Crippen MR) is 158 cm³/mol. The Balaban J connectivity index is 1.22. The number of hydrogen-bond acceptors (Lipinski definition) is 4. The van der Waals surface area contributed by atoms with Crippen LogP contribution in [0.25, 0.3) is 5.57 Å². The monoisotopic (exact) mass is 512 g/mol. The van der Waals surface area contributed by atoms with Crippen LogP contribution < -0.4 is 9.47 Å². The summed E-state index contributed by atoms with van der Waals surface area (Å²) < 4.78 is 11.0. The van der Waals surface area contributed by atoms with Gasteiger partial charge in [0.15, 0.2) is 0 Å². The number of nitrogens with zero attached hydrogens (tertiary/aromatic N) is 2. The molecule has 202 valence electrons. The maximum absolute atomic E-state index is 5.52. The van der Waals surface area contributed by atoms with E-state index in [2.05, 4.69) is 58.4 Å². The molecule has 2 heterocycles. The number of ether oxygens (including phenoxy) is 2. The Morgan fingerprint density at radius 1 is 0.816 bits per heavy atom. The second kappa shape index (κ2) is 15.3. The lowest BCUT2D eigenvalue weighted by atomic mass is 9.89. The minimum Gasteiger partial charge on any atom is -0.497 e. The zero-order valence-electron chi connectivity index (χ0n) is 23.3. The van der Waals surface area contributed by atoms with Gasteiger partial charge in [-0.05, 0) is 110 Å². The Morgan fingerprint density at radius 3 is 2.05 bits per heavy atom. The lowest BCUT2D eigenvalue weighted by Crippen LogP contribution is -2.34. The fourth-order valence-electron chi connectivity index (χ4n) is 5.44. The fourth-order valence-corrected chi connectivity index (χ4v) is 5.44. The number of benzene rings is 2. The van der Waals surface area contributed by atoms with E-state index < -0.39 is 0 Å². The summed E-state index contributed by atoms with van der Waals surface area (Å²) in [5.41, 5.74) is 5.02. The van der Waals surface area contributed by atoms with Crippen LogP contribution in [0.5, 0.6) is 11.5 Å². The fraction of sp³-hybridized carbons (Fsp3) is 0.441. The molecule has 3 aromatic rings. The van der Waals surface area contributed by atoms with Crippen molar-refractivity contribution in [3.63, 3.8) is 0 Å². The Kier molecular flexibility index (Phi) is 11.3. The molecule has 4 rings (SSSR count). The predicted octanol–water partition coefficient (Wildman–Crippen LogP) is 7.83. The number of aromatic nitrogens is 1. The van der Waals surface area contributed by atoms with Crippen LogP contribution in [0.2, 0.25) is 0 Å². The van der Waals surface area contributed by atoms with Crippen LogP contribution in [0.3, 0.4) is 0 Å². The van der Waals surface area contributed by atoms with Gasteiger partial charge in [0.1, 0.15) is 11.5 Å². The first-order chi connectivity index (χ1) is 18.7. The van der Waals surface area contributed by atoms with E-state index >= 15 is 0 Å². The number of allylic oxidation sites excluding steroid dienone is 1. The molecule has 0 N–H and O–H groups in total. The number of unbranched alkanes of at least 4 members (excludes halogenated alkanes) is 5. The molecule has 1 aliphatic heterocycles. The molecule has 1 aliphatic rings. The SMILES string of the molecule is COc1cccc(C(=CC2CCN(CCCCCCCCc3cccnc3)CC2)c2cccc(OC)c2)c1. The van der Waals surface area contributed by atoms with Crippen molar-refractivity contribution in [2.75, 3.05) is 33.9 Å². The van der Waals surface area contributed by atoms with Gasteiger partial charge in [-0.15, -0.1) is 0 Å². The minimum absolute atomic E-state index is 0.582. The summed E-state index contributed by atoms with van der Waals surface area (Å²) in [6.45, 7) is 3.62. The van der Waals surface area contributed by atoms with Crippen molar-refractivity contribution in [3.05, 3.63) is 95.8 Å². The average molecular weight is 513 g/mol. The van der Waals surface area contributed by atoms with Gasteiger partial charge in [-0.2, -0.15) is 0 Å². The molecule has 38 heavy (non-hydrogen) atoms. The third-order valence-electron chi connectivity index (χ3n) is 7.71. The molecule has 4 heteroatoms. The van der Waals surface area contributed by atoms with Gasteiger partial charge >= 0.3 is 0 Å². The number of hydrogen-bond donors (Lipinski definition) is 0. The van der Waals surface area contributed by atoms with Crippen LogP contribution in [-0.4, -0.2) is 43.7 Å². The molecular formula is C34H44N2O2. The molecule has 2 aromatic carbocycles. The van der Waals surface area contributed by atoms with Crippen molar-refractivity contribution in [1.29, 1.82) is 0 Å². The Morgan fingerprint density at radius 2 is 1.45 bits per heavy atom. The first-order valence-corrected chi connectivity index (χ1v) is 14.4. The summed E-state index contributed by atoms with van der Waals surface area (Å²) in [4.78, 5) is 6.88. The number of likely N-dealkylation sites (tertiary alicyclic amines) is 1. The highest BCUT2D eigenvalue weighted by Crippen LogP contribution is 2.32. The molecule has 0 amide bonds. The van der Waals surface area contributed by atoms with Gasteiger partial charge in [0.05, 0.1) is 14.2 Å². The molecular weight excluding hydrogens is 468 g/mol. The third-order valence-corrected chi connectivity index (χ3v) is 7.71. The number of piperidine rings is 1. The van der Waals surface area contributed by atoms with Crippen molar-refractivity contribution in [2.45, 2.75) is 57.8 Å². The second-order valence-corrected chi connectivity index (χ2v) is 10.5.